The minimum absolute atomic E-state index is 0.127. The molecule has 0 saturated carbocycles. The van der Waals surface area contributed by atoms with Crippen LogP contribution in [0, 0.1) is 0 Å². The molecule has 1 heterocycles. The molecule has 2 aliphatic rings. The first-order chi connectivity index (χ1) is 17.5. The molecule has 0 bridgehead atoms. The monoisotopic (exact) mass is 490 g/mol. The number of carbonyl (C=O) groups excluding carboxylic acids is 3. The lowest BCUT2D eigenvalue weighted by Gasteiger charge is -2.36. The normalized spacial score (nSPS) is 17.9. The first-order valence-electron chi connectivity index (χ1n) is 11.5. The second-order valence-electron chi connectivity index (χ2n) is 8.78. The topological polar surface area (TPSA) is 66.8 Å². The van der Waals surface area contributed by atoms with Crippen molar-refractivity contribution in [2.45, 2.75) is 11.5 Å². The third kappa shape index (κ3) is 3.10. The van der Waals surface area contributed by atoms with Crippen molar-refractivity contribution >= 4 is 40.3 Å². The highest BCUT2D eigenvalue weighted by molar-refractivity contribution is 6.52. The van der Waals surface area contributed by atoms with E-state index in [1.807, 2.05) is 24.3 Å². The fourth-order valence-corrected chi connectivity index (χ4v) is 5.34. The first-order valence-corrected chi connectivity index (χ1v) is 11.9. The summed E-state index contributed by atoms with van der Waals surface area (Å²) in [4.78, 5) is 42.5. The SMILES string of the molecule is O=C(C1=NN(c2ccccc2)C2(C(=O)c3ccccc3C2=O)[C@@H]1c1ccc(Cl)cc1)c1ccccc1. The summed E-state index contributed by atoms with van der Waals surface area (Å²) in [5.74, 6) is -2.06. The Labute approximate surface area is 212 Å². The van der Waals surface area contributed by atoms with Crippen LogP contribution in [0.2, 0.25) is 5.02 Å². The maximum Gasteiger partial charge on any atom is 0.209 e. The van der Waals surface area contributed by atoms with Crippen LogP contribution in [0.4, 0.5) is 5.69 Å². The molecule has 5 nitrogen and oxygen atoms in total. The Kier molecular flexibility index (Phi) is 5.16. The van der Waals surface area contributed by atoms with Gasteiger partial charge in [-0.25, -0.2) is 5.01 Å². The summed E-state index contributed by atoms with van der Waals surface area (Å²) in [6.45, 7) is 0. The Bertz CT molecular complexity index is 1510. The van der Waals surface area contributed by atoms with E-state index in [2.05, 4.69) is 0 Å². The maximum absolute atomic E-state index is 14.3. The number of carbonyl (C=O) groups is 3. The minimum Gasteiger partial charge on any atom is -0.291 e. The zero-order valence-corrected chi connectivity index (χ0v) is 19.7. The zero-order valence-electron chi connectivity index (χ0n) is 19.0. The molecule has 0 fully saturated rings. The molecule has 6 rings (SSSR count). The highest BCUT2D eigenvalue weighted by atomic mass is 35.5. The summed E-state index contributed by atoms with van der Waals surface area (Å²) in [6, 6.07) is 31.5. The number of halogens is 1. The third-order valence-corrected chi connectivity index (χ3v) is 7.07. The van der Waals surface area contributed by atoms with Gasteiger partial charge in [0, 0.05) is 21.7 Å². The minimum atomic E-state index is -1.78. The largest absolute Gasteiger partial charge is 0.291 e. The van der Waals surface area contributed by atoms with Crippen LogP contribution in [0.1, 0.15) is 42.6 Å². The van der Waals surface area contributed by atoms with Crippen molar-refractivity contribution < 1.29 is 14.4 Å². The number of para-hydroxylation sites is 1. The van der Waals surface area contributed by atoms with E-state index in [0.29, 0.717) is 33.0 Å². The maximum atomic E-state index is 14.3. The highest BCUT2D eigenvalue weighted by Gasteiger charge is 2.67. The van der Waals surface area contributed by atoms with Crippen LogP contribution < -0.4 is 5.01 Å². The Hall–Kier alpha value is -4.35. The number of nitrogens with zero attached hydrogens (tertiary/aromatic N) is 2. The average Bonchev–Trinajstić information content (AvgIpc) is 3.40. The molecular formula is C30H19ClN2O3. The number of anilines is 1. The Morgan fingerprint density at radius 3 is 1.83 bits per heavy atom. The van der Waals surface area contributed by atoms with Gasteiger partial charge in [0.25, 0.3) is 0 Å². The van der Waals surface area contributed by atoms with Gasteiger partial charge in [-0.05, 0) is 29.8 Å². The lowest BCUT2D eigenvalue weighted by atomic mass is 9.72. The smallest absolute Gasteiger partial charge is 0.209 e. The number of benzene rings is 4. The number of ketones is 3. The summed E-state index contributed by atoms with van der Waals surface area (Å²) in [5.41, 5.74) is 0.574. The number of Topliss-reactive ketones (excluding diaryl/α,β-unsaturated/α-hetero) is 3. The van der Waals surface area contributed by atoms with E-state index in [1.165, 1.54) is 5.01 Å². The number of hydrogen-bond acceptors (Lipinski definition) is 5. The molecule has 0 aromatic heterocycles. The zero-order chi connectivity index (χ0) is 24.9. The summed E-state index contributed by atoms with van der Waals surface area (Å²) in [7, 11) is 0. The van der Waals surface area contributed by atoms with Crippen LogP contribution in [0.5, 0.6) is 0 Å². The van der Waals surface area contributed by atoms with Gasteiger partial charge in [-0.2, -0.15) is 5.10 Å². The molecule has 0 N–H and O–H groups in total. The van der Waals surface area contributed by atoms with Gasteiger partial charge in [0.2, 0.25) is 11.3 Å². The van der Waals surface area contributed by atoms with Crippen molar-refractivity contribution in [2.24, 2.45) is 5.10 Å². The van der Waals surface area contributed by atoms with Crippen LogP contribution in [-0.2, 0) is 0 Å². The van der Waals surface area contributed by atoms with Gasteiger partial charge >= 0.3 is 0 Å². The van der Waals surface area contributed by atoms with Crippen molar-refractivity contribution in [3.63, 3.8) is 0 Å². The molecule has 1 spiro atoms. The second kappa shape index (κ2) is 8.40. The Morgan fingerprint density at radius 2 is 1.25 bits per heavy atom. The number of fused-ring (bicyclic) bond motifs is 1. The molecule has 1 aliphatic carbocycles. The number of hydrazone groups is 1. The highest BCUT2D eigenvalue weighted by Crippen LogP contribution is 2.51. The van der Waals surface area contributed by atoms with Gasteiger partial charge in [-0.15, -0.1) is 0 Å². The molecular weight excluding hydrogens is 472 g/mol. The molecule has 1 atom stereocenters. The van der Waals surface area contributed by atoms with Gasteiger partial charge in [-0.3, -0.25) is 14.4 Å². The summed E-state index contributed by atoms with van der Waals surface area (Å²) in [6.07, 6.45) is 0. The fourth-order valence-electron chi connectivity index (χ4n) is 5.21. The average molecular weight is 491 g/mol. The summed E-state index contributed by atoms with van der Waals surface area (Å²) < 4.78 is 0. The van der Waals surface area contributed by atoms with Gasteiger partial charge in [0.15, 0.2) is 11.6 Å². The molecule has 1 aliphatic heterocycles. The van der Waals surface area contributed by atoms with Crippen LogP contribution in [-0.4, -0.2) is 28.6 Å². The molecule has 0 amide bonds. The number of rotatable bonds is 4. The predicted molar refractivity (Wildman–Crippen MR) is 139 cm³/mol. The Balaban J connectivity index is 1.65. The van der Waals surface area contributed by atoms with Gasteiger partial charge in [-0.1, -0.05) is 96.5 Å². The first kappa shape index (κ1) is 22.1. The van der Waals surface area contributed by atoms with Crippen molar-refractivity contribution in [1.82, 2.24) is 0 Å². The molecule has 0 radical (unpaired) electrons. The van der Waals surface area contributed by atoms with Crippen LogP contribution in [0.15, 0.2) is 114 Å². The van der Waals surface area contributed by atoms with E-state index in [-0.39, 0.29) is 23.1 Å². The summed E-state index contributed by atoms with van der Waals surface area (Å²) in [5, 5.41) is 6.72. The van der Waals surface area contributed by atoms with E-state index < -0.39 is 11.5 Å². The van der Waals surface area contributed by atoms with Crippen molar-refractivity contribution in [3.05, 3.63) is 136 Å². The second-order valence-corrected chi connectivity index (χ2v) is 9.22. The quantitative estimate of drug-likeness (QED) is 0.260. The van der Waals surface area contributed by atoms with Gasteiger partial charge in [0.1, 0.15) is 5.71 Å². The molecule has 4 aromatic carbocycles. The van der Waals surface area contributed by atoms with Crippen LogP contribution in [0.25, 0.3) is 0 Å². The van der Waals surface area contributed by atoms with E-state index in [0.717, 1.165) is 0 Å². The van der Waals surface area contributed by atoms with Gasteiger partial charge < -0.3 is 0 Å². The standard InChI is InChI=1S/C30H19ClN2O3/c31-21-17-15-19(16-18-21)25-26(27(34)20-9-3-1-4-10-20)32-33(22-11-5-2-6-12-22)30(25)28(35)23-13-7-8-14-24(23)29(30)36/h1-18,25H/t25-/m1/s1. The van der Waals surface area contributed by atoms with E-state index in [9.17, 15) is 14.4 Å². The van der Waals surface area contributed by atoms with Gasteiger partial charge in [0.05, 0.1) is 11.6 Å². The van der Waals surface area contributed by atoms with Crippen molar-refractivity contribution in [1.29, 1.82) is 0 Å². The van der Waals surface area contributed by atoms with Crippen molar-refractivity contribution in [3.8, 4) is 0 Å². The Morgan fingerprint density at radius 1 is 0.722 bits per heavy atom. The van der Waals surface area contributed by atoms with E-state index >= 15 is 0 Å². The molecule has 0 saturated heterocycles. The molecule has 0 unspecified atom stereocenters. The molecule has 4 aromatic rings. The fraction of sp³-hybridized carbons (Fsp3) is 0.0667. The lowest BCUT2D eigenvalue weighted by Crippen LogP contribution is -2.57. The predicted octanol–water partition coefficient (Wildman–Crippen LogP) is 6.00. The summed E-state index contributed by atoms with van der Waals surface area (Å²) >= 11 is 6.18. The molecule has 174 valence electrons. The van der Waals surface area contributed by atoms with E-state index in [1.54, 1.807) is 84.9 Å². The van der Waals surface area contributed by atoms with Crippen molar-refractivity contribution in [2.75, 3.05) is 5.01 Å². The third-order valence-electron chi connectivity index (χ3n) is 6.81. The van der Waals surface area contributed by atoms with Crippen LogP contribution in [0.3, 0.4) is 0 Å². The molecule has 36 heavy (non-hydrogen) atoms. The van der Waals surface area contributed by atoms with Crippen LogP contribution >= 0.6 is 11.6 Å². The molecule has 6 heteroatoms. The van der Waals surface area contributed by atoms with E-state index in [4.69, 9.17) is 16.7 Å². The number of hydrogen-bond donors (Lipinski definition) is 0. The lowest BCUT2D eigenvalue weighted by molar-refractivity contribution is 0.0791.